The summed E-state index contributed by atoms with van der Waals surface area (Å²) >= 11 is 0. The number of benzene rings is 1. The second-order valence-corrected chi connectivity index (χ2v) is 5.64. The molecular formula is C10H12F2NO5P. The number of hydrogen-bond acceptors (Lipinski definition) is 5. The Labute approximate surface area is 107 Å². The van der Waals surface area contributed by atoms with Gasteiger partial charge in [0.1, 0.15) is 6.04 Å². The predicted octanol–water partition coefficient (Wildman–Crippen LogP) is 2.14. The first kappa shape index (κ1) is 15.7. The minimum Gasteiger partial charge on any atom is -0.480 e. The molecule has 0 aliphatic rings. The maximum absolute atomic E-state index is 12.0. The number of hydrogen-bond donors (Lipinski definition) is 2. The smallest absolute Gasteiger partial charge is 0.399 e. The lowest BCUT2D eigenvalue weighted by atomic mass is 10.0. The highest BCUT2D eigenvalue weighted by molar-refractivity contribution is 7.52. The van der Waals surface area contributed by atoms with E-state index in [4.69, 9.17) is 10.8 Å². The molecule has 0 aliphatic carbocycles. The fraction of sp³-hybridized carbons (Fsp3) is 0.300. The molecule has 3 N–H and O–H groups in total. The average Bonchev–Trinajstić information content (AvgIpc) is 2.40. The van der Waals surface area contributed by atoms with E-state index in [1.54, 1.807) is 6.07 Å². The van der Waals surface area contributed by atoms with Gasteiger partial charge in [0, 0.05) is 0 Å². The molecule has 9 heteroatoms. The van der Waals surface area contributed by atoms with Gasteiger partial charge in [0.15, 0.2) is 0 Å². The fourth-order valence-electron chi connectivity index (χ4n) is 1.50. The first-order chi connectivity index (χ1) is 8.91. The van der Waals surface area contributed by atoms with E-state index in [1.165, 1.54) is 18.2 Å². The van der Waals surface area contributed by atoms with Gasteiger partial charge in [0.2, 0.25) is 0 Å². The Morgan fingerprint density at radius 2 is 1.84 bits per heavy atom. The lowest BCUT2D eigenvalue weighted by Crippen LogP contribution is -2.32. The van der Waals surface area contributed by atoms with Crippen LogP contribution in [0, 0.1) is 0 Å². The molecule has 0 bridgehead atoms. The summed E-state index contributed by atoms with van der Waals surface area (Å²) in [5.41, 5.74) is 6.00. The number of rotatable bonds is 7. The summed E-state index contributed by atoms with van der Waals surface area (Å²) in [5.74, 6) is -1.22. The standard InChI is InChI=1S/C10H12F2NO5P/c11-17-19(16,18-12)6-8-4-2-1-3-7(8)5-9(13)10(14)15/h1-4,9H,5-6,13H2,(H,14,15). The first-order valence-electron chi connectivity index (χ1n) is 5.17. The normalized spacial score (nSPS) is 13.2. The third-order valence-electron chi connectivity index (χ3n) is 2.45. The van der Waals surface area contributed by atoms with Crippen LogP contribution in [0.4, 0.5) is 9.05 Å². The zero-order valence-electron chi connectivity index (χ0n) is 9.66. The first-order valence-corrected chi connectivity index (χ1v) is 6.89. The number of aliphatic carboxylic acids is 1. The van der Waals surface area contributed by atoms with Crippen molar-refractivity contribution in [2.75, 3.05) is 0 Å². The van der Waals surface area contributed by atoms with Crippen LogP contribution < -0.4 is 5.73 Å². The van der Waals surface area contributed by atoms with Gasteiger partial charge >= 0.3 is 13.6 Å². The maximum Gasteiger partial charge on any atom is 0.399 e. The Hall–Kier alpha value is -1.34. The van der Waals surface area contributed by atoms with Gasteiger partial charge in [0.25, 0.3) is 0 Å². The average molecular weight is 295 g/mol. The molecule has 0 spiro atoms. The second kappa shape index (κ2) is 6.72. The van der Waals surface area contributed by atoms with Gasteiger partial charge in [-0.2, -0.15) is 0 Å². The van der Waals surface area contributed by atoms with Crippen LogP contribution in [-0.4, -0.2) is 17.1 Å². The largest absolute Gasteiger partial charge is 0.480 e. The van der Waals surface area contributed by atoms with Crippen molar-refractivity contribution in [2.45, 2.75) is 18.6 Å². The lowest BCUT2D eigenvalue weighted by Gasteiger charge is -2.13. The Bertz CT molecular complexity index is 491. The molecule has 0 amide bonds. The van der Waals surface area contributed by atoms with E-state index in [1.807, 2.05) is 0 Å². The highest BCUT2D eigenvalue weighted by Gasteiger charge is 2.29. The highest BCUT2D eigenvalue weighted by atomic mass is 31.2. The summed E-state index contributed by atoms with van der Waals surface area (Å²) in [6, 6.07) is 4.88. The van der Waals surface area contributed by atoms with Crippen LogP contribution in [0.25, 0.3) is 0 Å². The summed E-state index contributed by atoms with van der Waals surface area (Å²) < 4.78 is 41.4. The van der Waals surface area contributed by atoms with E-state index >= 15 is 0 Å². The molecule has 0 saturated heterocycles. The number of halogens is 2. The highest BCUT2D eigenvalue weighted by Crippen LogP contribution is 2.52. The Morgan fingerprint density at radius 3 is 2.32 bits per heavy atom. The van der Waals surface area contributed by atoms with Gasteiger partial charge in [-0.15, -0.1) is 9.46 Å². The van der Waals surface area contributed by atoms with Crippen molar-refractivity contribution in [1.82, 2.24) is 0 Å². The van der Waals surface area contributed by atoms with Crippen LogP contribution in [0.1, 0.15) is 11.1 Å². The van der Waals surface area contributed by atoms with Crippen LogP contribution in [0.3, 0.4) is 0 Å². The van der Waals surface area contributed by atoms with Gasteiger partial charge in [-0.05, 0) is 26.6 Å². The molecule has 1 rings (SSSR count). The zero-order valence-corrected chi connectivity index (χ0v) is 10.6. The van der Waals surface area contributed by atoms with Crippen LogP contribution in [0.5, 0.6) is 0 Å². The molecule has 0 heterocycles. The zero-order chi connectivity index (χ0) is 14.5. The third kappa shape index (κ3) is 4.36. The quantitative estimate of drug-likeness (QED) is 0.748. The van der Waals surface area contributed by atoms with Gasteiger partial charge in [-0.3, -0.25) is 9.36 Å². The Morgan fingerprint density at radius 1 is 1.32 bits per heavy atom. The van der Waals surface area contributed by atoms with E-state index < -0.39 is 25.8 Å². The molecule has 0 radical (unpaired) electrons. The van der Waals surface area contributed by atoms with Crippen LogP contribution >= 0.6 is 7.60 Å². The monoisotopic (exact) mass is 295 g/mol. The molecule has 1 atom stereocenters. The maximum atomic E-state index is 12.0. The molecule has 6 nitrogen and oxygen atoms in total. The lowest BCUT2D eigenvalue weighted by molar-refractivity contribution is -0.138. The minimum absolute atomic E-state index is 0.0793. The SMILES string of the molecule is NC(Cc1ccccc1CP(=O)(OF)OF)C(=O)O. The molecule has 0 saturated carbocycles. The van der Waals surface area contributed by atoms with Crippen molar-refractivity contribution in [3.63, 3.8) is 0 Å². The molecule has 19 heavy (non-hydrogen) atoms. The van der Waals surface area contributed by atoms with E-state index in [-0.39, 0.29) is 12.0 Å². The molecule has 1 aromatic carbocycles. The Kier molecular flexibility index (Phi) is 5.56. The molecule has 0 aromatic heterocycles. The predicted molar refractivity (Wildman–Crippen MR) is 61.5 cm³/mol. The van der Waals surface area contributed by atoms with Crippen LogP contribution in [-0.2, 0) is 31.4 Å². The van der Waals surface area contributed by atoms with Crippen molar-refractivity contribution in [3.05, 3.63) is 35.4 Å². The molecule has 0 fully saturated rings. The number of nitrogens with two attached hydrogens (primary N) is 1. The van der Waals surface area contributed by atoms with Gasteiger partial charge in [-0.25, -0.2) is 0 Å². The van der Waals surface area contributed by atoms with E-state index in [0.29, 0.717) is 5.56 Å². The van der Waals surface area contributed by atoms with Gasteiger partial charge < -0.3 is 10.8 Å². The fourth-order valence-corrected chi connectivity index (χ4v) is 2.35. The van der Waals surface area contributed by atoms with E-state index in [2.05, 4.69) is 9.46 Å². The number of carboxylic acid groups (broad SMARTS) is 1. The van der Waals surface area contributed by atoms with Gasteiger partial charge in [0.05, 0.1) is 6.16 Å². The third-order valence-corrected chi connectivity index (χ3v) is 3.60. The van der Waals surface area contributed by atoms with Crippen molar-refractivity contribution in [2.24, 2.45) is 5.73 Å². The Balaban J connectivity index is 2.96. The molecule has 1 aromatic rings. The summed E-state index contributed by atoms with van der Waals surface area (Å²) in [7, 11) is -4.52. The summed E-state index contributed by atoms with van der Waals surface area (Å²) in [5, 5.41) is 8.71. The summed E-state index contributed by atoms with van der Waals surface area (Å²) in [4.78, 5) is 10.7. The molecule has 1 unspecified atom stereocenters. The van der Waals surface area contributed by atoms with Crippen molar-refractivity contribution < 1.29 is 33.0 Å². The van der Waals surface area contributed by atoms with Crippen molar-refractivity contribution in [1.29, 1.82) is 0 Å². The molecule has 106 valence electrons. The topological polar surface area (TPSA) is 98.9 Å². The van der Waals surface area contributed by atoms with Crippen LogP contribution in [0.15, 0.2) is 24.3 Å². The summed E-state index contributed by atoms with van der Waals surface area (Å²) in [6.07, 6.45) is -0.743. The van der Waals surface area contributed by atoms with Crippen molar-refractivity contribution in [3.8, 4) is 0 Å². The second-order valence-electron chi connectivity index (χ2n) is 3.82. The number of carboxylic acids is 1. The van der Waals surface area contributed by atoms with Crippen LogP contribution in [0.2, 0.25) is 0 Å². The summed E-state index contributed by atoms with van der Waals surface area (Å²) in [6.45, 7) is 0. The number of carbonyl (C=O) groups is 1. The van der Waals surface area contributed by atoms with E-state index in [0.717, 1.165) is 0 Å². The van der Waals surface area contributed by atoms with E-state index in [9.17, 15) is 18.4 Å². The van der Waals surface area contributed by atoms with Crippen molar-refractivity contribution >= 4 is 13.6 Å². The van der Waals surface area contributed by atoms with Gasteiger partial charge in [-0.1, -0.05) is 24.3 Å². The minimum atomic E-state index is -4.52. The molecular weight excluding hydrogens is 283 g/mol. The molecule has 0 aliphatic heterocycles.